The molecule has 72 valence electrons. The molecular formula is C9H20N2O. The van der Waals surface area contributed by atoms with E-state index in [9.17, 15) is 0 Å². The lowest BCUT2D eigenvalue weighted by Crippen LogP contribution is -2.40. The summed E-state index contributed by atoms with van der Waals surface area (Å²) >= 11 is 0. The van der Waals surface area contributed by atoms with E-state index < -0.39 is 0 Å². The second-order valence-corrected chi connectivity index (χ2v) is 3.59. The monoisotopic (exact) mass is 172 g/mol. The summed E-state index contributed by atoms with van der Waals surface area (Å²) in [7, 11) is 0. The molecule has 1 rings (SSSR count). The standard InChI is InChI=1S/C9H20N2O/c1-8(2)11-4-3-9-7-10-5-6-12-9/h8-11H,3-7H2,1-2H3. The molecule has 3 heteroatoms. The van der Waals surface area contributed by atoms with Gasteiger partial charge in [0.1, 0.15) is 0 Å². The summed E-state index contributed by atoms with van der Waals surface area (Å²) < 4.78 is 5.56. The average molecular weight is 172 g/mol. The minimum Gasteiger partial charge on any atom is -0.376 e. The predicted octanol–water partition coefficient (Wildman–Crippen LogP) is 0.363. The van der Waals surface area contributed by atoms with Crippen LogP contribution in [0.3, 0.4) is 0 Å². The van der Waals surface area contributed by atoms with Crippen LogP contribution in [0.1, 0.15) is 20.3 Å². The van der Waals surface area contributed by atoms with Crippen LogP contribution in [-0.2, 0) is 4.74 Å². The van der Waals surface area contributed by atoms with Gasteiger partial charge in [0.05, 0.1) is 12.7 Å². The van der Waals surface area contributed by atoms with Gasteiger partial charge in [0.15, 0.2) is 0 Å². The second kappa shape index (κ2) is 5.51. The van der Waals surface area contributed by atoms with Crippen LogP contribution >= 0.6 is 0 Å². The molecule has 0 aromatic heterocycles. The summed E-state index contributed by atoms with van der Waals surface area (Å²) in [6.07, 6.45) is 1.54. The Morgan fingerprint density at radius 2 is 2.42 bits per heavy atom. The van der Waals surface area contributed by atoms with Gasteiger partial charge in [-0.3, -0.25) is 0 Å². The molecule has 1 aliphatic heterocycles. The van der Waals surface area contributed by atoms with Crippen molar-refractivity contribution in [2.45, 2.75) is 32.4 Å². The highest BCUT2D eigenvalue weighted by molar-refractivity contribution is 4.68. The molecule has 3 nitrogen and oxygen atoms in total. The highest BCUT2D eigenvalue weighted by atomic mass is 16.5. The minimum atomic E-state index is 0.421. The van der Waals surface area contributed by atoms with E-state index in [1.54, 1.807) is 0 Å². The number of morpholine rings is 1. The molecule has 2 N–H and O–H groups in total. The van der Waals surface area contributed by atoms with Crippen molar-refractivity contribution in [3.8, 4) is 0 Å². The molecule has 0 aromatic carbocycles. The van der Waals surface area contributed by atoms with Crippen LogP contribution in [0.4, 0.5) is 0 Å². The summed E-state index contributed by atoms with van der Waals surface area (Å²) in [5, 5.41) is 6.71. The van der Waals surface area contributed by atoms with E-state index in [1.165, 1.54) is 0 Å². The third kappa shape index (κ3) is 4.04. The predicted molar refractivity (Wildman–Crippen MR) is 50.4 cm³/mol. The van der Waals surface area contributed by atoms with Crippen LogP contribution in [0.15, 0.2) is 0 Å². The number of ether oxygens (including phenoxy) is 1. The first kappa shape index (κ1) is 9.96. The van der Waals surface area contributed by atoms with E-state index in [0.29, 0.717) is 12.1 Å². The molecule has 0 amide bonds. The average Bonchev–Trinajstić information content (AvgIpc) is 2.05. The molecule has 1 fully saturated rings. The first-order valence-electron chi connectivity index (χ1n) is 4.84. The van der Waals surface area contributed by atoms with Crippen molar-refractivity contribution in [2.75, 3.05) is 26.2 Å². The van der Waals surface area contributed by atoms with Gasteiger partial charge in [0, 0.05) is 19.1 Å². The quantitative estimate of drug-likeness (QED) is 0.642. The van der Waals surface area contributed by atoms with Gasteiger partial charge in [-0.1, -0.05) is 13.8 Å². The third-order valence-electron chi connectivity index (χ3n) is 2.02. The van der Waals surface area contributed by atoms with Crippen LogP contribution in [-0.4, -0.2) is 38.4 Å². The first-order valence-corrected chi connectivity index (χ1v) is 4.84. The van der Waals surface area contributed by atoms with Crippen molar-refractivity contribution in [2.24, 2.45) is 0 Å². The molecule has 1 heterocycles. The Morgan fingerprint density at radius 1 is 1.58 bits per heavy atom. The summed E-state index contributed by atoms with van der Waals surface area (Å²) in [5.74, 6) is 0. The van der Waals surface area contributed by atoms with Crippen LogP contribution in [0.25, 0.3) is 0 Å². The zero-order valence-electron chi connectivity index (χ0n) is 8.10. The molecule has 0 spiro atoms. The van der Waals surface area contributed by atoms with Gasteiger partial charge in [0.25, 0.3) is 0 Å². The molecule has 0 aliphatic carbocycles. The van der Waals surface area contributed by atoms with Gasteiger partial charge in [-0.25, -0.2) is 0 Å². The van der Waals surface area contributed by atoms with Gasteiger partial charge in [0.2, 0.25) is 0 Å². The highest BCUT2D eigenvalue weighted by Gasteiger charge is 2.12. The zero-order valence-corrected chi connectivity index (χ0v) is 8.10. The Morgan fingerprint density at radius 3 is 3.00 bits per heavy atom. The fraction of sp³-hybridized carbons (Fsp3) is 1.00. The molecule has 0 saturated carbocycles. The largest absolute Gasteiger partial charge is 0.376 e. The molecule has 0 radical (unpaired) electrons. The fourth-order valence-corrected chi connectivity index (χ4v) is 1.34. The van der Waals surface area contributed by atoms with Crippen molar-refractivity contribution < 1.29 is 4.74 Å². The SMILES string of the molecule is CC(C)NCCC1CNCCO1. The summed E-state index contributed by atoms with van der Waals surface area (Å²) in [6, 6.07) is 0.585. The van der Waals surface area contributed by atoms with Gasteiger partial charge in [-0.2, -0.15) is 0 Å². The Labute approximate surface area is 74.9 Å². The normalized spacial score (nSPS) is 24.8. The maximum Gasteiger partial charge on any atom is 0.0712 e. The Kier molecular flexibility index (Phi) is 4.58. The third-order valence-corrected chi connectivity index (χ3v) is 2.02. The van der Waals surface area contributed by atoms with Crippen LogP contribution in [0.5, 0.6) is 0 Å². The molecule has 1 saturated heterocycles. The maximum absolute atomic E-state index is 5.56. The molecule has 12 heavy (non-hydrogen) atoms. The van der Waals surface area contributed by atoms with Gasteiger partial charge >= 0.3 is 0 Å². The van der Waals surface area contributed by atoms with E-state index in [0.717, 1.165) is 32.7 Å². The van der Waals surface area contributed by atoms with E-state index in [2.05, 4.69) is 24.5 Å². The van der Waals surface area contributed by atoms with Crippen molar-refractivity contribution in [1.82, 2.24) is 10.6 Å². The molecule has 1 aliphatic rings. The van der Waals surface area contributed by atoms with Crippen molar-refractivity contribution in [3.63, 3.8) is 0 Å². The molecule has 1 unspecified atom stereocenters. The Hall–Kier alpha value is -0.120. The van der Waals surface area contributed by atoms with Crippen LogP contribution < -0.4 is 10.6 Å². The number of rotatable bonds is 4. The van der Waals surface area contributed by atoms with Crippen LogP contribution in [0.2, 0.25) is 0 Å². The first-order chi connectivity index (χ1) is 5.79. The fourth-order valence-electron chi connectivity index (χ4n) is 1.34. The van der Waals surface area contributed by atoms with E-state index >= 15 is 0 Å². The van der Waals surface area contributed by atoms with Gasteiger partial charge < -0.3 is 15.4 Å². The second-order valence-electron chi connectivity index (χ2n) is 3.59. The van der Waals surface area contributed by atoms with E-state index in [-0.39, 0.29) is 0 Å². The van der Waals surface area contributed by atoms with Gasteiger partial charge in [-0.15, -0.1) is 0 Å². The number of nitrogens with one attached hydrogen (secondary N) is 2. The van der Waals surface area contributed by atoms with E-state index in [1.807, 2.05) is 0 Å². The summed E-state index contributed by atoms with van der Waals surface area (Å²) in [4.78, 5) is 0. The smallest absolute Gasteiger partial charge is 0.0712 e. The molecule has 0 bridgehead atoms. The topological polar surface area (TPSA) is 33.3 Å². The van der Waals surface area contributed by atoms with Crippen LogP contribution in [0, 0.1) is 0 Å². The zero-order chi connectivity index (χ0) is 8.81. The van der Waals surface area contributed by atoms with Crippen molar-refractivity contribution in [1.29, 1.82) is 0 Å². The lowest BCUT2D eigenvalue weighted by molar-refractivity contribution is 0.0236. The molecule has 1 atom stereocenters. The highest BCUT2D eigenvalue weighted by Crippen LogP contribution is 1.99. The lowest BCUT2D eigenvalue weighted by atomic mass is 10.2. The lowest BCUT2D eigenvalue weighted by Gasteiger charge is -2.23. The number of hydrogen-bond donors (Lipinski definition) is 2. The Bertz CT molecular complexity index is 111. The summed E-state index contributed by atoms with van der Waals surface area (Å²) in [6.45, 7) is 8.28. The Balaban J connectivity index is 1.98. The maximum atomic E-state index is 5.56. The van der Waals surface area contributed by atoms with Gasteiger partial charge in [-0.05, 0) is 13.0 Å². The minimum absolute atomic E-state index is 0.421. The molecular weight excluding hydrogens is 152 g/mol. The summed E-state index contributed by atoms with van der Waals surface area (Å²) in [5.41, 5.74) is 0. The number of hydrogen-bond acceptors (Lipinski definition) is 3. The van der Waals surface area contributed by atoms with Crippen molar-refractivity contribution >= 4 is 0 Å². The van der Waals surface area contributed by atoms with Crippen molar-refractivity contribution in [3.05, 3.63) is 0 Å². The molecule has 0 aromatic rings. The van der Waals surface area contributed by atoms with E-state index in [4.69, 9.17) is 4.74 Å².